The van der Waals surface area contributed by atoms with E-state index in [1.807, 2.05) is 0 Å². The van der Waals surface area contributed by atoms with Gasteiger partial charge in [-0.2, -0.15) is 13.2 Å². The van der Waals surface area contributed by atoms with Gasteiger partial charge in [-0.1, -0.05) is 24.3 Å². The molecule has 22 heavy (non-hydrogen) atoms. The molecule has 0 aromatic carbocycles. The highest BCUT2D eigenvalue weighted by Gasteiger charge is 2.33. The van der Waals surface area contributed by atoms with Crippen LogP contribution in [-0.4, -0.2) is 16.0 Å². The largest absolute Gasteiger partial charge is 0.417 e. The normalized spacial score (nSPS) is 20.9. The molecular formula is C15H15F3N2O2. The minimum absolute atomic E-state index is 0.0732. The number of rotatable bonds is 3. The van der Waals surface area contributed by atoms with E-state index >= 15 is 0 Å². The zero-order valence-corrected chi connectivity index (χ0v) is 11.9. The lowest BCUT2D eigenvalue weighted by Gasteiger charge is -2.32. The number of alkyl halides is 3. The molecule has 2 rings (SSSR count). The second kappa shape index (κ2) is 5.82. The Bertz CT molecular complexity index is 689. The molecule has 1 amide bonds. The van der Waals surface area contributed by atoms with Crippen molar-refractivity contribution in [3.63, 3.8) is 0 Å². The lowest BCUT2D eigenvalue weighted by molar-refractivity contribution is -0.138. The van der Waals surface area contributed by atoms with Crippen molar-refractivity contribution in [3.05, 3.63) is 58.6 Å². The molecule has 1 N–H and O–H groups in total. The van der Waals surface area contributed by atoms with Crippen LogP contribution in [0.15, 0.2) is 47.4 Å². The van der Waals surface area contributed by atoms with Crippen molar-refractivity contribution in [2.24, 2.45) is 0 Å². The first-order chi connectivity index (χ1) is 10.2. The summed E-state index contributed by atoms with van der Waals surface area (Å²) >= 11 is 0. The fourth-order valence-corrected chi connectivity index (χ4v) is 2.39. The maximum Gasteiger partial charge on any atom is 0.417 e. The summed E-state index contributed by atoms with van der Waals surface area (Å²) in [5.74, 6) is -0.319. The predicted molar refractivity (Wildman–Crippen MR) is 75.1 cm³/mol. The quantitative estimate of drug-likeness (QED) is 0.931. The number of aromatic nitrogens is 1. The molecule has 0 spiro atoms. The first-order valence-electron chi connectivity index (χ1n) is 6.63. The Morgan fingerprint density at radius 3 is 2.64 bits per heavy atom. The highest BCUT2D eigenvalue weighted by atomic mass is 19.4. The van der Waals surface area contributed by atoms with Crippen molar-refractivity contribution < 1.29 is 18.0 Å². The van der Waals surface area contributed by atoms with E-state index in [1.165, 1.54) is 6.92 Å². The van der Waals surface area contributed by atoms with Crippen molar-refractivity contribution in [2.45, 2.75) is 31.6 Å². The van der Waals surface area contributed by atoms with Crippen LogP contribution >= 0.6 is 0 Å². The topological polar surface area (TPSA) is 51.1 Å². The van der Waals surface area contributed by atoms with Gasteiger partial charge in [0.15, 0.2) is 0 Å². The molecule has 1 aromatic rings. The molecule has 0 saturated carbocycles. The molecule has 0 bridgehead atoms. The summed E-state index contributed by atoms with van der Waals surface area (Å²) in [5, 5.41) is 2.71. The molecule has 0 saturated heterocycles. The van der Waals surface area contributed by atoms with Crippen LogP contribution in [0.5, 0.6) is 0 Å². The van der Waals surface area contributed by atoms with E-state index in [0.717, 1.165) is 22.9 Å². The number of nitrogens with zero attached hydrogens (tertiary/aromatic N) is 1. The van der Waals surface area contributed by atoms with E-state index in [9.17, 15) is 22.8 Å². The number of carbonyl (C=O) groups is 1. The van der Waals surface area contributed by atoms with E-state index in [-0.39, 0.29) is 12.5 Å². The van der Waals surface area contributed by atoms with Crippen LogP contribution in [0.1, 0.15) is 18.9 Å². The summed E-state index contributed by atoms with van der Waals surface area (Å²) in [6.07, 6.45) is 3.57. The molecule has 1 aromatic heterocycles. The van der Waals surface area contributed by atoms with Gasteiger partial charge in [0.2, 0.25) is 5.91 Å². The van der Waals surface area contributed by atoms with Crippen molar-refractivity contribution >= 4 is 5.91 Å². The van der Waals surface area contributed by atoms with E-state index < -0.39 is 22.8 Å². The molecule has 0 aliphatic heterocycles. The van der Waals surface area contributed by atoms with E-state index in [2.05, 4.69) is 5.32 Å². The van der Waals surface area contributed by atoms with Crippen molar-refractivity contribution in [3.8, 4) is 0 Å². The smallest absolute Gasteiger partial charge is 0.345 e. The van der Waals surface area contributed by atoms with E-state index in [0.29, 0.717) is 6.42 Å². The third kappa shape index (κ3) is 3.66. The van der Waals surface area contributed by atoms with Gasteiger partial charge in [-0.15, -0.1) is 0 Å². The van der Waals surface area contributed by atoms with E-state index in [1.54, 1.807) is 24.3 Å². The number of allylic oxidation sites excluding steroid dienone is 2. The predicted octanol–water partition coefficient (Wildman–Crippen LogP) is 2.26. The van der Waals surface area contributed by atoms with Gasteiger partial charge in [0.1, 0.15) is 0 Å². The number of carbonyl (C=O) groups excluding carboxylic acids is 1. The third-order valence-corrected chi connectivity index (χ3v) is 3.33. The lowest BCUT2D eigenvalue weighted by atomic mass is 9.90. The summed E-state index contributed by atoms with van der Waals surface area (Å²) in [5.41, 5.74) is -2.37. The van der Waals surface area contributed by atoms with Gasteiger partial charge in [0, 0.05) is 19.2 Å². The summed E-state index contributed by atoms with van der Waals surface area (Å²) < 4.78 is 39.3. The SMILES string of the molecule is CC(=O)NC1(Cn2cc(C(F)(F)F)ccc2=O)C=CC=CC1. The first kappa shape index (κ1) is 16.1. The van der Waals surface area contributed by atoms with Gasteiger partial charge in [-0.25, -0.2) is 0 Å². The Hall–Kier alpha value is -2.31. The highest BCUT2D eigenvalue weighted by Crippen LogP contribution is 2.28. The first-order valence-corrected chi connectivity index (χ1v) is 6.63. The average Bonchev–Trinajstić information content (AvgIpc) is 2.40. The standard InChI is InChI=1S/C15H15F3N2O2/c1-11(21)19-14(7-3-2-4-8-14)10-20-9-12(15(16,17)18)5-6-13(20)22/h2-7,9H,8,10H2,1H3,(H,19,21). The molecule has 0 fully saturated rings. The summed E-state index contributed by atoms with van der Waals surface area (Å²) in [4.78, 5) is 23.2. The number of pyridine rings is 1. The third-order valence-electron chi connectivity index (χ3n) is 3.33. The number of hydrogen-bond acceptors (Lipinski definition) is 2. The van der Waals surface area contributed by atoms with Crippen molar-refractivity contribution in [1.82, 2.24) is 9.88 Å². The highest BCUT2D eigenvalue weighted by molar-refractivity contribution is 5.74. The number of nitrogens with one attached hydrogen (secondary N) is 1. The van der Waals surface area contributed by atoms with Crippen LogP contribution in [0.4, 0.5) is 13.2 Å². The van der Waals surface area contributed by atoms with E-state index in [4.69, 9.17) is 0 Å². The molecule has 1 atom stereocenters. The fourth-order valence-electron chi connectivity index (χ4n) is 2.39. The molecule has 1 unspecified atom stereocenters. The molecule has 7 heteroatoms. The van der Waals surface area contributed by atoms with Crippen LogP contribution in [-0.2, 0) is 17.5 Å². The molecule has 1 aliphatic rings. The Balaban J connectivity index is 2.38. The van der Waals surface area contributed by atoms with Gasteiger partial charge >= 0.3 is 6.18 Å². The number of halogens is 3. The van der Waals surface area contributed by atoms with Gasteiger partial charge in [0.25, 0.3) is 5.56 Å². The molecule has 0 radical (unpaired) electrons. The maximum absolute atomic E-state index is 12.8. The summed E-state index contributed by atoms with van der Waals surface area (Å²) in [6.45, 7) is 1.25. The van der Waals surface area contributed by atoms with Crippen LogP contribution in [0.3, 0.4) is 0 Å². The second-order valence-electron chi connectivity index (χ2n) is 5.21. The van der Waals surface area contributed by atoms with Crippen LogP contribution in [0.25, 0.3) is 0 Å². The Kier molecular flexibility index (Phi) is 4.25. The Morgan fingerprint density at radius 2 is 2.09 bits per heavy atom. The Morgan fingerprint density at radius 1 is 1.36 bits per heavy atom. The minimum atomic E-state index is -4.53. The monoisotopic (exact) mass is 312 g/mol. The molecular weight excluding hydrogens is 297 g/mol. The van der Waals surface area contributed by atoms with Gasteiger partial charge in [-0.3, -0.25) is 9.59 Å². The number of amides is 1. The fraction of sp³-hybridized carbons (Fsp3) is 0.333. The molecule has 118 valence electrons. The second-order valence-corrected chi connectivity index (χ2v) is 5.21. The average molecular weight is 312 g/mol. The number of hydrogen-bond donors (Lipinski definition) is 1. The zero-order valence-electron chi connectivity index (χ0n) is 11.9. The van der Waals surface area contributed by atoms with Crippen LogP contribution in [0, 0.1) is 0 Å². The van der Waals surface area contributed by atoms with Crippen molar-refractivity contribution in [1.29, 1.82) is 0 Å². The minimum Gasteiger partial charge on any atom is -0.345 e. The van der Waals surface area contributed by atoms with Crippen molar-refractivity contribution in [2.75, 3.05) is 0 Å². The Labute approximate surface area is 124 Å². The maximum atomic E-state index is 12.8. The van der Waals surface area contributed by atoms with Crippen LogP contribution in [0.2, 0.25) is 0 Å². The van der Waals surface area contributed by atoms with Crippen LogP contribution < -0.4 is 10.9 Å². The zero-order chi connectivity index (χ0) is 16.4. The van der Waals surface area contributed by atoms with Gasteiger partial charge in [0.05, 0.1) is 17.6 Å². The molecule has 4 nitrogen and oxygen atoms in total. The summed E-state index contributed by atoms with van der Waals surface area (Å²) in [7, 11) is 0. The molecule has 1 heterocycles. The summed E-state index contributed by atoms with van der Waals surface area (Å²) in [6, 6.07) is 1.63. The molecule has 1 aliphatic carbocycles. The lowest BCUT2D eigenvalue weighted by Crippen LogP contribution is -2.50. The van der Waals surface area contributed by atoms with Gasteiger partial charge < -0.3 is 9.88 Å². The van der Waals surface area contributed by atoms with Gasteiger partial charge in [-0.05, 0) is 12.5 Å².